The Labute approximate surface area is 189 Å². The normalized spacial score (nSPS) is 12.6. The lowest BCUT2D eigenvalue weighted by Gasteiger charge is -2.11. The average Bonchev–Trinajstić information content (AvgIpc) is 2.69. The van der Waals surface area contributed by atoms with Crippen LogP contribution in [0.4, 0.5) is 13.2 Å². The molecule has 0 bridgehead atoms. The fourth-order valence-electron chi connectivity index (χ4n) is 2.31. The van der Waals surface area contributed by atoms with Crippen LogP contribution in [0.25, 0.3) is 0 Å². The van der Waals surface area contributed by atoms with E-state index < -0.39 is 31.8 Å². The van der Waals surface area contributed by atoms with Crippen molar-refractivity contribution in [2.45, 2.75) is 11.1 Å². The highest BCUT2D eigenvalue weighted by molar-refractivity contribution is 7.86. The Morgan fingerprint density at radius 1 is 1.03 bits per heavy atom. The number of hydrogen-bond acceptors (Lipinski definition) is 6. The molecule has 0 saturated carbocycles. The summed E-state index contributed by atoms with van der Waals surface area (Å²) in [6.45, 7) is 0. The summed E-state index contributed by atoms with van der Waals surface area (Å²) in [4.78, 5) is 7.15. The van der Waals surface area contributed by atoms with Gasteiger partial charge in [-0.25, -0.2) is 0 Å². The van der Waals surface area contributed by atoms with Crippen LogP contribution in [0.2, 0.25) is 15.1 Å². The van der Waals surface area contributed by atoms with Gasteiger partial charge in [0.05, 0.1) is 15.6 Å². The fraction of sp³-hybridized carbons (Fsp3) is 0.0556. The number of alkyl halides is 3. The molecule has 0 unspecified atom stereocenters. The summed E-state index contributed by atoms with van der Waals surface area (Å²) >= 11 is 17.7. The number of benzene rings is 1. The zero-order valence-corrected chi connectivity index (χ0v) is 18.0. The van der Waals surface area contributed by atoms with Crippen molar-refractivity contribution >= 4 is 50.6 Å². The second kappa shape index (κ2) is 8.99. The van der Waals surface area contributed by atoms with Gasteiger partial charge in [-0.2, -0.15) is 21.6 Å². The monoisotopic (exact) mass is 509 g/mol. The summed E-state index contributed by atoms with van der Waals surface area (Å²) < 4.78 is 68.5. The molecule has 3 rings (SSSR count). The van der Waals surface area contributed by atoms with Crippen LogP contribution in [0.3, 0.4) is 0 Å². The number of rotatable bonds is 5. The predicted molar refractivity (Wildman–Crippen MR) is 109 cm³/mol. The molecule has 2 aromatic heterocycles. The topological polar surface area (TPSA) is 81.5 Å². The molecule has 3 aromatic rings. The molecule has 1 aromatic carbocycles. The van der Waals surface area contributed by atoms with Gasteiger partial charge in [-0.15, -0.1) is 0 Å². The maximum absolute atomic E-state index is 12.9. The van der Waals surface area contributed by atoms with Crippen LogP contribution in [-0.4, -0.2) is 24.1 Å². The standard InChI is InChI=1S/C18H9Cl3F3N3O3S/c19-12-3-4-15(13(20)7-12)31(28,29)30-27-16(10-2-1-5-25-8-10)17-14(21)6-11(9-26-17)18(22,23)24/h1-9H. The van der Waals surface area contributed by atoms with Crippen molar-refractivity contribution in [2.75, 3.05) is 0 Å². The van der Waals surface area contributed by atoms with E-state index in [1.807, 2.05) is 0 Å². The van der Waals surface area contributed by atoms with Gasteiger partial charge in [0.2, 0.25) is 0 Å². The number of nitrogens with zero attached hydrogens (tertiary/aromatic N) is 3. The molecule has 0 atom stereocenters. The lowest BCUT2D eigenvalue weighted by molar-refractivity contribution is -0.137. The zero-order chi connectivity index (χ0) is 22.8. The number of halogens is 6. The van der Waals surface area contributed by atoms with Crippen LogP contribution in [0.15, 0.2) is 65.0 Å². The molecule has 0 aliphatic rings. The van der Waals surface area contributed by atoms with Crippen molar-refractivity contribution in [3.05, 3.63) is 86.9 Å². The molecule has 31 heavy (non-hydrogen) atoms. The Kier molecular flexibility index (Phi) is 6.75. The average molecular weight is 511 g/mol. The second-order valence-corrected chi connectivity index (χ2v) is 8.59. The van der Waals surface area contributed by atoms with Crippen molar-refractivity contribution in [1.29, 1.82) is 0 Å². The lowest BCUT2D eigenvalue weighted by atomic mass is 10.1. The van der Waals surface area contributed by atoms with Crippen LogP contribution in [0.5, 0.6) is 0 Å². The van der Waals surface area contributed by atoms with Crippen molar-refractivity contribution in [1.82, 2.24) is 9.97 Å². The summed E-state index contributed by atoms with van der Waals surface area (Å²) in [5, 5.41) is 3.16. The Morgan fingerprint density at radius 2 is 1.77 bits per heavy atom. The highest BCUT2D eigenvalue weighted by atomic mass is 35.5. The molecule has 0 aliphatic carbocycles. The summed E-state index contributed by atoms with van der Waals surface area (Å²) in [6, 6.07) is 7.19. The van der Waals surface area contributed by atoms with Crippen LogP contribution in [-0.2, 0) is 20.6 Å². The van der Waals surface area contributed by atoms with Crippen LogP contribution in [0, 0.1) is 0 Å². The second-order valence-electron chi connectivity index (χ2n) is 5.84. The number of aromatic nitrogens is 2. The highest BCUT2D eigenvalue weighted by Gasteiger charge is 2.32. The van der Waals surface area contributed by atoms with Crippen LogP contribution in [0.1, 0.15) is 16.8 Å². The Morgan fingerprint density at radius 3 is 2.35 bits per heavy atom. The van der Waals surface area contributed by atoms with Gasteiger partial charge in [-0.05, 0) is 36.4 Å². The van der Waals surface area contributed by atoms with Gasteiger partial charge in [-0.1, -0.05) is 40.0 Å². The molecule has 13 heteroatoms. The number of hydrogen-bond donors (Lipinski definition) is 0. The Balaban J connectivity index is 2.08. The zero-order valence-electron chi connectivity index (χ0n) is 14.9. The molecular formula is C18H9Cl3F3N3O3S. The SMILES string of the molecule is O=S(=O)(ON=C(c1cccnc1)c1ncc(C(F)(F)F)cc1Cl)c1ccc(Cl)cc1Cl. The molecule has 0 saturated heterocycles. The molecular weight excluding hydrogens is 502 g/mol. The van der Waals surface area contributed by atoms with Gasteiger partial charge < -0.3 is 0 Å². The minimum atomic E-state index is -4.67. The molecule has 0 fully saturated rings. The number of oxime groups is 1. The first-order chi connectivity index (χ1) is 14.5. The van der Waals surface area contributed by atoms with Gasteiger partial charge >= 0.3 is 16.3 Å². The third-order valence-corrected chi connectivity index (χ3v) is 5.83. The van der Waals surface area contributed by atoms with Crippen LogP contribution >= 0.6 is 34.8 Å². The van der Waals surface area contributed by atoms with Gasteiger partial charge in [0, 0.05) is 29.2 Å². The Hall–Kier alpha value is -2.40. The molecule has 0 spiro atoms. The first-order valence-electron chi connectivity index (χ1n) is 8.09. The van der Waals surface area contributed by atoms with E-state index in [0.717, 1.165) is 6.07 Å². The van der Waals surface area contributed by atoms with Crippen molar-refractivity contribution in [2.24, 2.45) is 5.16 Å². The smallest absolute Gasteiger partial charge is 0.264 e. The quantitative estimate of drug-likeness (QED) is 0.329. The number of pyridine rings is 2. The first kappa shape index (κ1) is 23.3. The molecule has 6 nitrogen and oxygen atoms in total. The van der Waals surface area contributed by atoms with E-state index in [9.17, 15) is 21.6 Å². The molecule has 0 radical (unpaired) electrons. The van der Waals surface area contributed by atoms with Gasteiger partial charge in [0.15, 0.2) is 0 Å². The van der Waals surface area contributed by atoms with E-state index >= 15 is 0 Å². The van der Waals surface area contributed by atoms with E-state index in [2.05, 4.69) is 15.1 Å². The van der Waals surface area contributed by atoms with Gasteiger partial charge in [0.25, 0.3) is 0 Å². The van der Waals surface area contributed by atoms with E-state index in [1.54, 1.807) is 0 Å². The molecule has 0 N–H and O–H groups in total. The van der Waals surface area contributed by atoms with E-state index in [0.29, 0.717) is 12.3 Å². The van der Waals surface area contributed by atoms with E-state index in [-0.39, 0.29) is 27.0 Å². The lowest BCUT2D eigenvalue weighted by Crippen LogP contribution is -2.13. The highest BCUT2D eigenvalue weighted by Crippen LogP contribution is 2.32. The van der Waals surface area contributed by atoms with Crippen molar-refractivity contribution in [3.63, 3.8) is 0 Å². The largest absolute Gasteiger partial charge is 0.417 e. The molecule has 0 amide bonds. The minimum absolute atomic E-state index is 0.189. The van der Waals surface area contributed by atoms with E-state index in [4.69, 9.17) is 39.1 Å². The maximum atomic E-state index is 12.9. The minimum Gasteiger partial charge on any atom is -0.264 e. The van der Waals surface area contributed by atoms with Crippen LogP contribution < -0.4 is 0 Å². The maximum Gasteiger partial charge on any atom is 0.417 e. The third-order valence-electron chi connectivity index (χ3n) is 3.72. The van der Waals surface area contributed by atoms with Crippen molar-refractivity contribution < 1.29 is 25.9 Å². The fourth-order valence-corrected chi connectivity index (χ4v) is 4.04. The molecule has 2 heterocycles. The van der Waals surface area contributed by atoms with Crippen molar-refractivity contribution in [3.8, 4) is 0 Å². The summed E-state index contributed by atoms with van der Waals surface area (Å²) in [5.74, 6) is 0. The van der Waals surface area contributed by atoms with E-state index in [1.165, 1.54) is 36.7 Å². The Bertz CT molecular complexity index is 1250. The van der Waals surface area contributed by atoms with Gasteiger partial charge in [0.1, 0.15) is 16.3 Å². The van der Waals surface area contributed by atoms with Gasteiger partial charge in [-0.3, -0.25) is 14.3 Å². The molecule has 0 aliphatic heterocycles. The summed E-state index contributed by atoms with van der Waals surface area (Å²) in [7, 11) is -4.51. The predicted octanol–water partition coefficient (Wildman–Crippen LogP) is 5.61. The summed E-state index contributed by atoms with van der Waals surface area (Å²) in [5.41, 5.74) is -1.41. The summed E-state index contributed by atoms with van der Waals surface area (Å²) in [6.07, 6.45) is -1.43. The third kappa shape index (κ3) is 5.45. The first-order valence-corrected chi connectivity index (χ1v) is 10.6. The molecule has 162 valence electrons.